The molecule has 0 saturated carbocycles. The summed E-state index contributed by atoms with van der Waals surface area (Å²) in [5, 5.41) is 14.2. The van der Waals surface area contributed by atoms with Gasteiger partial charge in [0.2, 0.25) is 5.95 Å². The lowest BCUT2D eigenvalue weighted by atomic mass is 9.87. The second-order valence-electron chi connectivity index (χ2n) is 8.60. The first kappa shape index (κ1) is 30.8. The van der Waals surface area contributed by atoms with E-state index in [0.717, 1.165) is 69.8 Å². The SMILES string of the molecule is Cc1ccc(CN2CCOCC3(CCN(c4ncccn4)C3)C2)o1.O=C(O)C(F)(F)F.O=C(O)C(F)(F)F. The molecule has 2 aliphatic heterocycles. The highest BCUT2D eigenvalue weighted by molar-refractivity contribution is 5.73. The van der Waals surface area contributed by atoms with Crippen LogP contribution in [0.15, 0.2) is 35.0 Å². The number of hydrogen-bond acceptors (Lipinski definition) is 8. The molecule has 0 aliphatic carbocycles. The van der Waals surface area contributed by atoms with Crippen LogP contribution in [0.5, 0.6) is 0 Å². The minimum atomic E-state index is -5.08. The smallest absolute Gasteiger partial charge is 0.475 e. The molecule has 1 unspecified atom stereocenters. The van der Waals surface area contributed by atoms with E-state index < -0.39 is 24.3 Å². The van der Waals surface area contributed by atoms with E-state index >= 15 is 0 Å². The van der Waals surface area contributed by atoms with Crippen molar-refractivity contribution in [3.63, 3.8) is 0 Å². The van der Waals surface area contributed by atoms with Crippen LogP contribution in [0.3, 0.4) is 0 Å². The quantitative estimate of drug-likeness (QED) is 0.543. The van der Waals surface area contributed by atoms with E-state index in [0.29, 0.717) is 0 Å². The fourth-order valence-electron chi connectivity index (χ4n) is 3.81. The van der Waals surface area contributed by atoms with Gasteiger partial charge in [0.1, 0.15) is 11.5 Å². The van der Waals surface area contributed by atoms with Crippen molar-refractivity contribution in [1.29, 1.82) is 0 Å². The van der Waals surface area contributed by atoms with Crippen LogP contribution in [0.4, 0.5) is 32.3 Å². The first-order chi connectivity index (χ1) is 17.6. The lowest BCUT2D eigenvalue weighted by molar-refractivity contribution is -0.193. The van der Waals surface area contributed by atoms with E-state index in [2.05, 4.69) is 25.8 Å². The predicted octanol–water partition coefficient (Wildman–Crippen LogP) is 3.37. The summed E-state index contributed by atoms with van der Waals surface area (Å²) in [4.78, 5) is 31.3. The Morgan fingerprint density at radius 2 is 1.58 bits per heavy atom. The van der Waals surface area contributed by atoms with Crippen LogP contribution in [0, 0.1) is 12.3 Å². The monoisotopic (exact) mass is 556 g/mol. The van der Waals surface area contributed by atoms with Gasteiger partial charge in [-0.15, -0.1) is 0 Å². The van der Waals surface area contributed by atoms with Gasteiger partial charge in [-0.3, -0.25) is 4.90 Å². The third-order valence-corrected chi connectivity index (χ3v) is 5.45. The number of carboxylic acid groups (broad SMARTS) is 2. The largest absolute Gasteiger partial charge is 0.490 e. The average molecular weight is 556 g/mol. The standard InChI is InChI=1S/C18H24N4O2.2C2HF3O2/c1-15-3-4-16(24-15)11-21-9-10-23-14-18(12-21)5-8-22(13-18)17-19-6-2-7-20-17;2*3-2(4,5)1(6)7/h2-4,6-7H,5,8-14H2,1H3;2*(H,6,7). The highest BCUT2D eigenvalue weighted by Gasteiger charge is 2.42. The van der Waals surface area contributed by atoms with Crippen molar-refractivity contribution in [2.75, 3.05) is 44.3 Å². The summed E-state index contributed by atoms with van der Waals surface area (Å²) in [5.74, 6) is -2.68. The van der Waals surface area contributed by atoms with Crippen LogP contribution in [-0.4, -0.2) is 88.8 Å². The number of carboxylic acids is 2. The number of anilines is 1. The van der Waals surface area contributed by atoms with Gasteiger partial charge in [0.05, 0.1) is 19.8 Å². The summed E-state index contributed by atoms with van der Waals surface area (Å²) in [6.45, 7) is 8.34. The van der Waals surface area contributed by atoms with Crippen molar-refractivity contribution in [3.05, 3.63) is 42.1 Å². The first-order valence-corrected chi connectivity index (χ1v) is 11.1. The highest BCUT2D eigenvalue weighted by atomic mass is 19.4. The van der Waals surface area contributed by atoms with E-state index in [9.17, 15) is 26.3 Å². The van der Waals surface area contributed by atoms with Crippen LogP contribution in [0.2, 0.25) is 0 Å². The number of furan rings is 1. The molecule has 4 heterocycles. The van der Waals surface area contributed by atoms with E-state index in [-0.39, 0.29) is 5.41 Å². The van der Waals surface area contributed by atoms with E-state index in [4.69, 9.17) is 29.0 Å². The minimum Gasteiger partial charge on any atom is -0.475 e. The first-order valence-electron chi connectivity index (χ1n) is 11.1. The number of rotatable bonds is 3. The van der Waals surface area contributed by atoms with Gasteiger partial charge in [-0.25, -0.2) is 19.6 Å². The summed E-state index contributed by atoms with van der Waals surface area (Å²) in [6, 6.07) is 5.97. The summed E-state index contributed by atoms with van der Waals surface area (Å²) in [5.41, 5.74) is 0.150. The van der Waals surface area contributed by atoms with Crippen LogP contribution in [0.25, 0.3) is 0 Å². The molecular weight excluding hydrogens is 530 g/mol. The normalized spacial score (nSPS) is 20.1. The summed E-state index contributed by atoms with van der Waals surface area (Å²) >= 11 is 0. The van der Waals surface area contributed by atoms with E-state index in [1.165, 1.54) is 0 Å². The fraction of sp³-hybridized carbons (Fsp3) is 0.545. The maximum atomic E-state index is 10.6. The topological polar surface area (TPSA) is 129 Å². The molecule has 2 aromatic rings. The molecule has 2 saturated heterocycles. The molecule has 0 amide bonds. The van der Waals surface area contributed by atoms with Gasteiger partial charge in [0, 0.05) is 44.0 Å². The van der Waals surface area contributed by atoms with Crippen molar-refractivity contribution < 1.29 is 55.3 Å². The lowest BCUT2D eigenvalue weighted by Gasteiger charge is -2.31. The number of nitrogens with zero attached hydrogens (tertiary/aromatic N) is 4. The van der Waals surface area contributed by atoms with Gasteiger partial charge in [-0.2, -0.15) is 26.3 Å². The summed E-state index contributed by atoms with van der Waals surface area (Å²) in [7, 11) is 0. The second kappa shape index (κ2) is 12.9. The summed E-state index contributed by atoms with van der Waals surface area (Å²) in [6.07, 6.45) is -5.44. The van der Waals surface area contributed by atoms with Crippen LogP contribution >= 0.6 is 0 Å². The molecule has 2 aromatic heterocycles. The Morgan fingerprint density at radius 1 is 1.00 bits per heavy atom. The molecule has 0 radical (unpaired) electrons. The van der Waals surface area contributed by atoms with Gasteiger partial charge in [-0.05, 0) is 31.5 Å². The van der Waals surface area contributed by atoms with Crippen molar-refractivity contribution in [1.82, 2.24) is 14.9 Å². The Kier molecular flexibility index (Phi) is 10.5. The number of hydrogen-bond donors (Lipinski definition) is 2. The number of alkyl halides is 6. The minimum absolute atomic E-state index is 0.150. The Morgan fingerprint density at radius 3 is 2.08 bits per heavy atom. The molecule has 0 bridgehead atoms. The number of halogens is 6. The second-order valence-corrected chi connectivity index (χ2v) is 8.60. The third-order valence-electron chi connectivity index (χ3n) is 5.45. The molecular formula is C22H26F6N4O6. The molecule has 10 nitrogen and oxygen atoms in total. The van der Waals surface area contributed by atoms with Crippen molar-refractivity contribution in [3.8, 4) is 0 Å². The zero-order chi connectivity index (χ0) is 28.6. The molecule has 16 heteroatoms. The zero-order valence-electron chi connectivity index (χ0n) is 20.1. The fourth-order valence-corrected chi connectivity index (χ4v) is 3.81. The predicted molar refractivity (Wildman–Crippen MR) is 118 cm³/mol. The highest BCUT2D eigenvalue weighted by Crippen LogP contribution is 2.35. The number of aryl methyl sites for hydroxylation is 1. The van der Waals surface area contributed by atoms with Gasteiger partial charge >= 0.3 is 24.3 Å². The van der Waals surface area contributed by atoms with E-state index in [1.807, 2.05) is 31.5 Å². The maximum Gasteiger partial charge on any atom is 0.490 e. The zero-order valence-corrected chi connectivity index (χ0v) is 20.1. The van der Waals surface area contributed by atoms with Crippen molar-refractivity contribution in [2.45, 2.75) is 32.2 Å². The molecule has 2 N–H and O–H groups in total. The maximum absolute atomic E-state index is 10.6. The molecule has 212 valence electrons. The van der Waals surface area contributed by atoms with E-state index in [1.54, 1.807) is 0 Å². The molecule has 1 spiro atoms. The molecule has 2 fully saturated rings. The molecule has 2 aliphatic rings. The van der Waals surface area contributed by atoms with Gasteiger partial charge < -0.3 is 24.3 Å². The van der Waals surface area contributed by atoms with Crippen LogP contribution in [-0.2, 0) is 20.9 Å². The van der Waals surface area contributed by atoms with Gasteiger partial charge in [0.25, 0.3) is 0 Å². The molecule has 38 heavy (non-hydrogen) atoms. The number of aliphatic carboxylic acids is 2. The Bertz CT molecular complexity index is 1020. The third kappa shape index (κ3) is 9.81. The Balaban J connectivity index is 0.000000301. The van der Waals surface area contributed by atoms with Gasteiger partial charge in [0.15, 0.2) is 0 Å². The van der Waals surface area contributed by atoms with Crippen molar-refractivity contribution in [2.24, 2.45) is 5.41 Å². The lowest BCUT2D eigenvalue weighted by Crippen LogP contribution is -2.40. The Labute approximate surface area is 212 Å². The average Bonchev–Trinajstić information content (AvgIpc) is 3.37. The van der Waals surface area contributed by atoms with Gasteiger partial charge in [-0.1, -0.05) is 0 Å². The summed E-state index contributed by atoms with van der Waals surface area (Å²) < 4.78 is 75.2. The molecule has 4 rings (SSSR count). The van der Waals surface area contributed by atoms with Crippen molar-refractivity contribution >= 4 is 17.9 Å². The van der Waals surface area contributed by atoms with Crippen LogP contribution in [0.1, 0.15) is 17.9 Å². The molecule has 0 aromatic carbocycles. The van der Waals surface area contributed by atoms with Crippen LogP contribution < -0.4 is 4.90 Å². The molecule has 1 atom stereocenters. The Hall–Kier alpha value is -3.40. The number of aromatic nitrogens is 2. The number of carbonyl (C=O) groups is 2. The number of ether oxygens (including phenoxy) is 1.